The summed E-state index contributed by atoms with van der Waals surface area (Å²) in [4.78, 5) is 0. The Hall–Kier alpha value is -1.99. The molecule has 3 N–H and O–H groups in total. The van der Waals surface area contributed by atoms with Crippen LogP contribution in [-0.2, 0) is 13.5 Å². The molecule has 2 rings (SSSR count). The molecule has 0 fully saturated rings. The normalized spacial score (nSPS) is 12.6. The summed E-state index contributed by atoms with van der Waals surface area (Å²) in [7, 11) is 1.85. The van der Waals surface area contributed by atoms with Gasteiger partial charge in [0.1, 0.15) is 5.75 Å². The van der Waals surface area contributed by atoms with Crippen LogP contribution in [0.3, 0.4) is 0 Å². The van der Waals surface area contributed by atoms with Gasteiger partial charge in [-0.2, -0.15) is 13.9 Å². The van der Waals surface area contributed by atoms with Crippen LogP contribution in [0.2, 0.25) is 0 Å². The zero-order valence-electron chi connectivity index (χ0n) is 11.7. The molecule has 5 nitrogen and oxygen atoms in total. The molecule has 1 aromatic heterocycles. The Kier molecular flexibility index (Phi) is 5.24. The topological polar surface area (TPSA) is 65.1 Å². The van der Waals surface area contributed by atoms with Gasteiger partial charge >= 0.3 is 6.61 Å². The third-order valence-corrected chi connectivity index (χ3v) is 3.17. The zero-order chi connectivity index (χ0) is 15.2. The molecule has 1 aromatic carbocycles. The van der Waals surface area contributed by atoms with E-state index in [1.54, 1.807) is 23.0 Å². The van der Waals surface area contributed by atoms with Gasteiger partial charge in [0.2, 0.25) is 0 Å². The van der Waals surface area contributed by atoms with E-state index in [-0.39, 0.29) is 11.8 Å². The molecule has 0 radical (unpaired) electrons. The van der Waals surface area contributed by atoms with Gasteiger partial charge in [-0.3, -0.25) is 16.0 Å². The van der Waals surface area contributed by atoms with E-state index in [1.807, 2.05) is 19.3 Å². The summed E-state index contributed by atoms with van der Waals surface area (Å²) in [6.07, 6.45) is 5.23. The van der Waals surface area contributed by atoms with E-state index in [4.69, 9.17) is 5.84 Å². The monoisotopic (exact) mass is 296 g/mol. The number of hydrogen-bond donors (Lipinski definition) is 2. The predicted molar refractivity (Wildman–Crippen MR) is 74.7 cm³/mol. The van der Waals surface area contributed by atoms with Gasteiger partial charge in [-0.05, 0) is 36.1 Å². The number of nitrogens with zero attached hydrogens (tertiary/aromatic N) is 2. The largest absolute Gasteiger partial charge is 0.435 e. The van der Waals surface area contributed by atoms with Gasteiger partial charge in [0.25, 0.3) is 0 Å². The molecule has 0 aliphatic heterocycles. The van der Waals surface area contributed by atoms with Gasteiger partial charge in [0.15, 0.2) is 0 Å². The van der Waals surface area contributed by atoms with Crippen molar-refractivity contribution in [2.45, 2.75) is 25.5 Å². The highest BCUT2D eigenvalue weighted by molar-refractivity contribution is 5.30. The summed E-state index contributed by atoms with van der Waals surface area (Å²) in [6, 6.07) is 6.41. The minimum atomic E-state index is -2.83. The van der Waals surface area contributed by atoms with Gasteiger partial charge in [0, 0.05) is 19.3 Å². The summed E-state index contributed by atoms with van der Waals surface area (Å²) >= 11 is 0. The highest BCUT2D eigenvalue weighted by atomic mass is 19.3. The smallest absolute Gasteiger partial charge is 0.387 e. The summed E-state index contributed by atoms with van der Waals surface area (Å²) in [5, 5.41) is 4.10. The quantitative estimate of drug-likeness (QED) is 0.607. The van der Waals surface area contributed by atoms with E-state index in [2.05, 4.69) is 15.3 Å². The molecule has 0 saturated heterocycles. The first kappa shape index (κ1) is 15.4. The molecule has 0 saturated carbocycles. The molecule has 0 aliphatic carbocycles. The van der Waals surface area contributed by atoms with E-state index in [0.29, 0.717) is 0 Å². The zero-order valence-corrected chi connectivity index (χ0v) is 11.7. The molecular formula is C14H18F2N4O. The van der Waals surface area contributed by atoms with E-state index < -0.39 is 6.61 Å². The average Bonchev–Trinajstić information content (AvgIpc) is 2.85. The maximum absolute atomic E-state index is 12.2. The fourth-order valence-electron chi connectivity index (χ4n) is 2.17. The molecule has 2 aromatic rings. The van der Waals surface area contributed by atoms with Crippen LogP contribution >= 0.6 is 0 Å². The Morgan fingerprint density at radius 3 is 2.86 bits per heavy atom. The number of hydrazine groups is 1. The Balaban J connectivity index is 2.02. The lowest BCUT2D eigenvalue weighted by molar-refractivity contribution is -0.0499. The van der Waals surface area contributed by atoms with Crippen LogP contribution < -0.4 is 16.0 Å². The van der Waals surface area contributed by atoms with Crippen LogP contribution in [0.15, 0.2) is 36.7 Å². The second-order valence-electron chi connectivity index (χ2n) is 4.73. The molecule has 0 bridgehead atoms. The van der Waals surface area contributed by atoms with Crippen LogP contribution in [0.5, 0.6) is 5.75 Å². The van der Waals surface area contributed by atoms with Gasteiger partial charge in [-0.25, -0.2) is 0 Å². The maximum atomic E-state index is 12.2. The van der Waals surface area contributed by atoms with Crippen LogP contribution in [0, 0.1) is 0 Å². The van der Waals surface area contributed by atoms with Crippen LogP contribution in [0.4, 0.5) is 8.78 Å². The first-order valence-corrected chi connectivity index (χ1v) is 6.57. The van der Waals surface area contributed by atoms with Crippen molar-refractivity contribution in [3.8, 4) is 5.75 Å². The number of rotatable bonds is 7. The number of hydrogen-bond acceptors (Lipinski definition) is 4. The molecule has 1 unspecified atom stereocenters. The summed E-state index contributed by atoms with van der Waals surface area (Å²) < 4.78 is 30.6. The molecular weight excluding hydrogens is 278 g/mol. The number of aryl methyl sites for hydroxylation is 2. The molecule has 1 heterocycles. The van der Waals surface area contributed by atoms with Gasteiger partial charge in [-0.1, -0.05) is 12.1 Å². The van der Waals surface area contributed by atoms with Gasteiger partial charge in [0.05, 0.1) is 6.20 Å². The van der Waals surface area contributed by atoms with E-state index >= 15 is 0 Å². The SMILES string of the molecule is Cn1cc(CCC(NN)c2cccc(OC(F)F)c2)cn1. The molecule has 0 aliphatic rings. The lowest BCUT2D eigenvalue weighted by atomic mass is 10.0. The van der Waals surface area contributed by atoms with E-state index in [1.165, 1.54) is 6.07 Å². The first-order valence-electron chi connectivity index (χ1n) is 6.57. The Bertz CT molecular complexity index is 574. The number of ether oxygens (including phenoxy) is 1. The van der Waals surface area contributed by atoms with Crippen LogP contribution in [-0.4, -0.2) is 16.4 Å². The van der Waals surface area contributed by atoms with E-state index in [9.17, 15) is 8.78 Å². The van der Waals surface area contributed by atoms with Gasteiger partial charge < -0.3 is 4.74 Å². The Morgan fingerprint density at radius 1 is 1.43 bits per heavy atom. The number of nitrogens with two attached hydrogens (primary N) is 1. The van der Waals surface area contributed by atoms with Crippen molar-refractivity contribution in [1.29, 1.82) is 0 Å². The summed E-state index contributed by atoms with van der Waals surface area (Å²) in [5.41, 5.74) is 4.61. The van der Waals surface area contributed by atoms with Crippen molar-refractivity contribution in [2.24, 2.45) is 12.9 Å². The van der Waals surface area contributed by atoms with Crippen LogP contribution in [0.25, 0.3) is 0 Å². The van der Waals surface area contributed by atoms with E-state index in [0.717, 1.165) is 24.0 Å². The standard InChI is InChI=1S/C14H18F2N4O/c1-20-9-10(8-18-20)5-6-13(19-17)11-3-2-4-12(7-11)21-14(15)16/h2-4,7-9,13-14,19H,5-6,17H2,1H3. The van der Waals surface area contributed by atoms with Crippen LogP contribution in [0.1, 0.15) is 23.6 Å². The van der Waals surface area contributed by atoms with Crippen molar-refractivity contribution in [2.75, 3.05) is 0 Å². The third-order valence-electron chi connectivity index (χ3n) is 3.17. The maximum Gasteiger partial charge on any atom is 0.387 e. The fraction of sp³-hybridized carbons (Fsp3) is 0.357. The molecule has 1 atom stereocenters. The van der Waals surface area contributed by atoms with Crippen molar-refractivity contribution in [3.63, 3.8) is 0 Å². The Labute approximate surface area is 121 Å². The van der Waals surface area contributed by atoms with Gasteiger partial charge in [-0.15, -0.1) is 0 Å². The Morgan fingerprint density at radius 2 is 2.24 bits per heavy atom. The second kappa shape index (κ2) is 7.14. The van der Waals surface area contributed by atoms with Crippen molar-refractivity contribution in [1.82, 2.24) is 15.2 Å². The second-order valence-corrected chi connectivity index (χ2v) is 4.73. The molecule has 21 heavy (non-hydrogen) atoms. The van der Waals surface area contributed by atoms with Crippen molar-refractivity contribution < 1.29 is 13.5 Å². The average molecular weight is 296 g/mol. The lowest BCUT2D eigenvalue weighted by Gasteiger charge is -2.17. The molecule has 7 heteroatoms. The summed E-state index contributed by atoms with van der Waals surface area (Å²) in [5.74, 6) is 5.69. The number of halogens is 2. The summed E-state index contributed by atoms with van der Waals surface area (Å²) in [6.45, 7) is -2.83. The minimum Gasteiger partial charge on any atom is -0.435 e. The number of aromatic nitrogens is 2. The molecule has 114 valence electrons. The third kappa shape index (κ3) is 4.51. The highest BCUT2D eigenvalue weighted by Gasteiger charge is 2.12. The molecule has 0 spiro atoms. The lowest BCUT2D eigenvalue weighted by Crippen LogP contribution is -2.28. The molecule has 0 amide bonds. The number of nitrogens with one attached hydrogen (secondary N) is 1. The fourth-order valence-corrected chi connectivity index (χ4v) is 2.17. The van der Waals surface area contributed by atoms with Crippen molar-refractivity contribution in [3.05, 3.63) is 47.8 Å². The highest BCUT2D eigenvalue weighted by Crippen LogP contribution is 2.23. The number of alkyl halides is 2. The predicted octanol–water partition coefficient (Wildman–Crippen LogP) is 2.16. The first-order chi connectivity index (χ1) is 10.1. The number of benzene rings is 1. The van der Waals surface area contributed by atoms with Crippen molar-refractivity contribution >= 4 is 0 Å². The minimum absolute atomic E-state index is 0.129.